The van der Waals surface area contributed by atoms with Gasteiger partial charge in [0.1, 0.15) is 11.6 Å². The summed E-state index contributed by atoms with van der Waals surface area (Å²) in [6.45, 7) is 6.27. The summed E-state index contributed by atoms with van der Waals surface area (Å²) in [5.41, 5.74) is 0.497. The minimum Gasteiger partial charge on any atom is -0.467 e. The Morgan fingerprint density at radius 1 is 1.22 bits per heavy atom. The average Bonchev–Trinajstić information content (AvgIpc) is 2.44. The second-order valence-corrected chi connectivity index (χ2v) is 6.40. The van der Waals surface area contributed by atoms with E-state index in [1.54, 1.807) is 20.8 Å². The van der Waals surface area contributed by atoms with Crippen molar-refractivity contribution < 1.29 is 19.1 Å². The van der Waals surface area contributed by atoms with Crippen LogP contribution in [0.5, 0.6) is 0 Å². The molecule has 1 aromatic rings. The second kappa shape index (κ2) is 8.53. The summed E-state index contributed by atoms with van der Waals surface area (Å²) >= 11 is 0. The van der Waals surface area contributed by atoms with E-state index in [1.807, 2.05) is 42.3 Å². The zero-order valence-corrected chi connectivity index (χ0v) is 14.5. The fraction of sp³-hybridized carbons (Fsp3) is 0.529. The molecule has 0 saturated heterocycles. The van der Waals surface area contributed by atoms with Gasteiger partial charge < -0.3 is 14.8 Å². The summed E-state index contributed by atoms with van der Waals surface area (Å²) in [6, 6.07) is 9.09. The Balaban J connectivity index is 2.63. The Morgan fingerprint density at radius 3 is 2.35 bits per heavy atom. The van der Waals surface area contributed by atoms with Crippen LogP contribution >= 0.6 is 0 Å². The van der Waals surface area contributed by atoms with Crippen molar-refractivity contribution in [2.45, 2.75) is 39.0 Å². The SMILES string of the molecule is COC(=O)[C@H](CN(C)Cc1ccccc1)NC(=O)OC(C)(C)C. The van der Waals surface area contributed by atoms with Gasteiger partial charge in [-0.25, -0.2) is 9.59 Å². The minimum absolute atomic E-state index is 0.320. The van der Waals surface area contributed by atoms with Gasteiger partial charge in [0, 0.05) is 13.1 Å². The lowest BCUT2D eigenvalue weighted by atomic mass is 10.2. The van der Waals surface area contributed by atoms with E-state index in [-0.39, 0.29) is 0 Å². The second-order valence-electron chi connectivity index (χ2n) is 6.40. The van der Waals surface area contributed by atoms with E-state index in [4.69, 9.17) is 9.47 Å². The van der Waals surface area contributed by atoms with E-state index >= 15 is 0 Å². The molecule has 1 N–H and O–H groups in total. The molecule has 23 heavy (non-hydrogen) atoms. The number of benzene rings is 1. The normalized spacial score (nSPS) is 12.6. The molecule has 0 aromatic heterocycles. The van der Waals surface area contributed by atoms with Gasteiger partial charge in [0.2, 0.25) is 0 Å². The van der Waals surface area contributed by atoms with Crippen molar-refractivity contribution in [2.75, 3.05) is 20.7 Å². The average molecular weight is 322 g/mol. The van der Waals surface area contributed by atoms with Gasteiger partial charge in [-0.15, -0.1) is 0 Å². The van der Waals surface area contributed by atoms with Crippen molar-refractivity contribution in [1.29, 1.82) is 0 Å². The van der Waals surface area contributed by atoms with Gasteiger partial charge in [-0.1, -0.05) is 30.3 Å². The van der Waals surface area contributed by atoms with Crippen molar-refractivity contribution in [3.63, 3.8) is 0 Å². The van der Waals surface area contributed by atoms with Crippen LogP contribution in [0.25, 0.3) is 0 Å². The van der Waals surface area contributed by atoms with Gasteiger partial charge >= 0.3 is 12.1 Å². The van der Waals surface area contributed by atoms with Crippen molar-refractivity contribution in [1.82, 2.24) is 10.2 Å². The smallest absolute Gasteiger partial charge is 0.408 e. The van der Waals surface area contributed by atoms with E-state index in [0.717, 1.165) is 5.56 Å². The number of rotatable bonds is 6. The van der Waals surface area contributed by atoms with Crippen molar-refractivity contribution in [2.24, 2.45) is 0 Å². The molecule has 1 rings (SSSR count). The Bertz CT molecular complexity index is 511. The molecule has 0 fully saturated rings. The topological polar surface area (TPSA) is 67.9 Å². The quantitative estimate of drug-likeness (QED) is 0.813. The van der Waals surface area contributed by atoms with Gasteiger partial charge in [0.25, 0.3) is 0 Å². The molecule has 1 atom stereocenters. The van der Waals surface area contributed by atoms with Crippen molar-refractivity contribution in [3.8, 4) is 0 Å². The highest BCUT2D eigenvalue weighted by Gasteiger charge is 2.26. The lowest BCUT2D eigenvalue weighted by molar-refractivity contribution is -0.143. The third-order valence-corrected chi connectivity index (χ3v) is 2.97. The highest BCUT2D eigenvalue weighted by Crippen LogP contribution is 2.08. The Labute approximate surface area is 137 Å². The highest BCUT2D eigenvalue weighted by atomic mass is 16.6. The Kier molecular flexibility index (Phi) is 7.03. The number of nitrogens with zero attached hydrogens (tertiary/aromatic N) is 1. The van der Waals surface area contributed by atoms with Crippen LogP contribution in [0.4, 0.5) is 4.79 Å². The number of esters is 1. The van der Waals surface area contributed by atoms with Crippen LogP contribution in [0.15, 0.2) is 30.3 Å². The fourth-order valence-corrected chi connectivity index (χ4v) is 2.04. The van der Waals surface area contributed by atoms with E-state index in [2.05, 4.69) is 5.32 Å². The maximum atomic E-state index is 11.9. The number of ether oxygens (including phenoxy) is 2. The summed E-state index contributed by atoms with van der Waals surface area (Å²) in [7, 11) is 3.17. The first-order chi connectivity index (χ1) is 10.7. The van der Waals surface area contributed by atoms with Gasteiger partial charge in [-0.3, -0.25) is 4.90 Å². The summed E-state index contributed by atoms with van der Waals surface area (Å²) < 4.78 is 9.94. The van der Waals surface area contributed by atoms with Gasteiger partial charge in [0.05, 0.1) is 7.11 Å². The highest BCUT2D eigenvalue weighted by molar-refractivity contribution is 5.81. The summed E-state index contributed by atoms with van der Waals surface area (Å²) in [5, 5.41) is 2.56. The maximum Gasteiger partial charge on any atom is 0.408 e. The summed E-state index contributed by atoms with van der Waals surface area (Å²) in [4.78, 5) is 25.7. The third kappa shape index (κ3) is 7.65. The monoisotopic (exact) mass is 322 g/mol. The lowest BCUT2D eigenvalue weighted by Crippen LogP contribution is -2.49. The number of hydrogen-bond donors (Lipinski definition) is 1. The van der Waals surface area contributed by atoms with Crippen molar-refractivity contribution in [3.05, 3.63) is 35.9 Å². The molecule has 0 radical (unpaired) electrons. The minimum atomic E-state index is -0.788. The number of carbonyl (C=O) groups excluding carboxylic acids is 2. The number of likely N-dealkylation sites (N-methyl/N-ethyl adjacent to an activating group) is 1. The van der Waals surface area contributed by atoms with Crippen LogP contribution in [0.2, 0.25) is 0 Å². The zero-order chi connectivity index (χ0) is 17.5. The summed E-state index contributed by atoms with van der Waals surface area (Å²) in [5.74, 6) is -0.504. The molecule has 0 bridgehead atoms. The third-order valence-electron chi connectivity index (χ3n) is 2.97. The molecule has 0 aliphatic rings. The number of alkyl carbamates (subject to hydrolysis) is 1. The number of hydrogen-bond acceptors (Lipinski definition) is 5. The molecule has 1 amide bonds. The van der Waals surface area contributed by atoms with E-state index in [9.17, 15) is 9.59 Å². The molecule has 0 saturated carbocycles. The number of amides is 1. The first-order valence-electron chi connectivity index (χ1n) is 7.51. The number of nitrogens with one attached hydrogen (secondary N) is 1. The maximum absolute atomic E-state index is 11.9. The van der Waals surface area contributed by atoms with Gasteiger partial charge in [-0.2, -0.15) is 0 Å². The molecule has 0 aliphatic heterocycles. The van der Waals surface area contributed by atoms with Crippen LogP contribution in [0.3, 0.4) is 0 Å². The van der Waals surface area contributed by atoms with Crippen LogP contribution < -0.4 is 5.32 Å². The Morgan fingerprint density at radius 2 is 1.83 bits per heavy atom. The Hall–Kier alpha value is -2.08. The standard InChI is InChI=1S/C17H26N2O4/c1-17(2,3)23-16(21)18-14(15(20)22-5)12-19(4)11-13-9-7-6-8-10-13/h6-10,14H,11-12H2,1-5H3,(H,18,21)/t14-/m0/s1. The summed E-state index contributed by atoms with van der Waals surface area (Å²) in [6.07, 6.45) is -0.638. The molecule has 6 heteroatoms. The lowest BCUT2D eigenvalue weighted by Gasteiger charge is -2.25. The molecule has 0 spiro atoms. The van der Waals surface area contributed by atoms with Crippen LogP contribution in [0, 0.1) is 0 Å². The number of methoxy groups -OCH3 is 1. The molecule has 128 valence electrons. The van der Waals surface area contributed by atoms with E-state index in [0.29, 0.717) is 13.1 Å². The zero-order valence-electron chi connectivity index (χ0n) is 14.5. The molecular weight excluding hydrogens is 296 g/mol. The van der Waals surface area contributed by atoms with Crippen molar-refractivity contribution >= 4 is 12.1 Å². The van der Waals surface area contributed by atoms with E-state index < -0.39 is 23.7 Å². The van der Waals surface area contributed by atoms with E-state index in [1.165, 1.54) is 7.11 Å². The van der Waals surface area contributed by atoms with Gasteiger partial charge in [0.15, 0.2) is 0 Å². The molecule has 6 nitrogen and oxygen atoms in total. The first-order valence-corrected chi connectivity index (χ1v) is 7.51. The molecule has 0 aliphatic carbocycles. The fourth-order valence-electron chi connectivity index (χ4n) is 2.04. The predicted molar refractivity (Wildman–Crippen MR) is 87.9 cm³/mol. The van der Waals surface area contributed by atoms with Crippen LogP contribution in [-0.2, 0) is 20.8 Å². The molecular formula is C17H26N2O4. The predicted octanol–water partition coefficient (Wildman–Crippen LogP) is 2.18. The molecule has 1 aromatic carbocycles. The first kappa shape index (κ1) is 19.0. The molecule has 0 unspecified atom stereocenters. The van der Waals surface area contributed by atoms with Crippen LogP contribution in [0.1, 0.15) is 26.3 Å². The molecule has 0 heterocycles. The largest absolute Gasteiger partial charge is 0.467 e. The van der Waals surface area contributed by atoms with Crippen LogP contribution in [-0.4, -0.2) is 49.3 Å². The number of carbonyl (C=O) groups is 2. The van der Waals surface area contributed by atoms with Gasteiger partial charge in [-0.05, 0) is 33.4 Å².